The van der Waals surface area contributed by atoms with Crippen molar-refractivity contribution < 1.29 is 14.4 Å². The van der Waals surface area contributed by atoms with Gasteiger partial charge in [0.15, 0.2) is 0 Å². The lowest BCUT2D eigenvalue weighted by atomic mass is 10.0. The first-order valence-electron chi connectivity index (χ1n) is 11.3. The van der Waals surface area contributed by atoms with Gasteiger partial charge in [-0.1, -0.05) is 31.0 Å². The second kappa shape index (κ2) is 11.4. The van der Waals surface area contributed by atoms with Gasteiger partial charge in [0.05, 0.1) is 22.8 Å². The molecule has 36 heavy (non-hydrogen) atoms. The van der Waals surface area contributed by atoms with E-state index in [-0.39, 0.29) is 48.2 Å². The van der Waals surface area contributed by atoms with E-state index in [0.29, 0.717) is 40.4 Å². The average Bonchev–Trinajstić information content (AvgIpc) is 2.82. The Hall–Kier alpha value is -4.27. The molecular weight excluding hydrogens is 478 g/mol. The molecule has 1 unspecified atom stereocenters. The first-order valence-corrected chi connectivity index (χ1v) is 11.7. The summed E-state index contributed by atoms with van der Waals surface area (Å²) >= 11 is 6.00. The third-order valence-corrected chi connectivity index (χ3v) is 5.99. The summed E-state index contributed by atoms with van der Waals surface area (Å²) in [5.74, 6) is 1.76. The summed E-state index contributed by atoms with van der Waals surface area (Å²) in [5, 5.41) is 14.8. The quantitative estimate of drug-likeness (QED) is 0.490. The minimum atomic E-state index is -0.265. The highest BCUT2D eigenvalue weighted by atomic mass is 35.5. The van der Waals surface area contributed by atoms with Crippen LogP contribution in [-0.2, 0) is 9.59 Å². The molecule has 1 heterocycles. The predicted octanol–water partition coefficient (Wildman–Crippen LogP) is 5.07. The molecule has 0 aromatic heterocycles. The van der Waals surface area contributed by atoms with Crippen molar-refractivity contribution in [3.63, 3.8) is 0 Å². The van der Waals surface area contributed by atoms with Crippen LogP contribution < -0.4 is 15.5 Å². The Labute approximate surface area is 215 Å². The van der Waals surface area contributed by atoms with Gasteiger partial charge in [-0.2, -0.15) is 5.26 Å². The Morgan fingerprint density at radius 1 is 1.11 bits per heavy atom. The van der Waals surface area contributed by atoms with Crippen molar-refractivity contribution in [1.29, 1.82) is 5.26 Å². The summed E-state index contributed by atoms with van der Waals surface area (Å²) in [6, 6.07) is 11.6. The summed E-state index contributed by atoms with van der Waals surface area (Å²) in [6.45, 7) is 8.26. The van der Waals surface area contributed by atoms with E-state index < -0.39 is 0 Å². The van der Waals surface area contributed by atoms with Crippen molar-refractivity contribution in [3.05, 3.63) is 59.1 Å². The fourth-order valence-corrected chi connectivity index (χ4v) is 4.20. The molecule has 2 N–H and O–H groups in total. The lowest BCUT2D eigenvalue weighted by Crippen LogP contribution is -2.46. The van der Waals surface area contributed by atoms with E-state index in [1.807, 2.05) is 19.9 Å². The van der Waals surface area contributed by atoms with Gasteiger partial charge in [-0.25, -0.2) is 4.79 Å². The monoisotopic (exact) mass is 503 g/mol. The molecule has 1 atom stereocenters. The number of halogens is 1. The van der Waals surface area contributed by atoms with Crippen molar-refractivity contribution in [3.8, 4) is 18.4 Å². The Morgan fingerprint density at radius 3 is 2.28 bits per heavy atom. The number of carbonyl (C=O) groups is 3. The molecule has 184 valence electrons. The fourth-order valence-electron chi connectivity index (χ4n) is 3.97. The maximum absolute atomic E-state index is 12.7. The van der Waals surface area contributed by atoms with Gasteiger partial charge in [0.1, 0.15) is 6.07 Å². The lowest BCUT2D eigenvalue weighted by molar-refractivity contribution is -0.118. The number of amides is 4. The first-order chi connectivity index (χ1) is 17.2. The summed E-state index contributed by atoms with van der Waals surface area (Å²) in [5.41, 5.74) is 3.23. The Kier molecular flexibility index (Phi) is 8.37. The molecule has 0 bridgehead atoms. The maximum Gasteiger partial charge on any atom is 0.329 e. The van der Waals surface area contributed by atoms with Crippen LogP contribution in [0.3, 0.4) is 0 Å². The highest BCUT2D eigenvalue weighted by Crippen LogP contribution is 2.36. The number of rotatable bonds is 8. The third kappa shape index (κ3) is 5.86. The van der Waals surface area contributed by atoms with Gasteiger partial charge >= 0.3 is 6.03 Å². The lowest BCUT2D eigenvalue weighted by Gasteiger charge is -2.37. The number of fused-ring (bicyclic) bond motifs is 1. The van der Waals surface area contributed by atoms with Crippen LogP contribution in [0, 0.1) is 29.6 Å². The average molecular weight is 504 g/mol. The molecule has 1 aliphatic rings. The Bertz CT molecular complexity index is 1310. The molecule has 0 spiro atoms. The number of carbonyl (C=O) groups excluding carboxylic acids is 3. The van der Waals surface area contributed by atoms with Crippen molar-refractivity contribution in [1.82, 2.24) is 4.90 Å². The predicted molar refractivity (Wildman–Crippen MR) is 141 cm³/mol. The zero-order chi connectivity index (χ0) is 26.4. The molecule has 0 radical (unpaired) electrons. The van der Waals surface area contributed by atoms with E-state index in [4.69, 9.17) is 23.3 Å². The van der Waals surface area contributed by atoms with Crippen molar-refractivity contribution in [2.45, 2.75) is 26.7 Å². The van der Waals surface area contributed by atoms with Crippen LogP contribution in [0.1, 0.15) is 37.8 Å². The number of hydrogen-bond acceptors (Lipinski definition) is 4. The smallest absolute Gasteiger partial charge is 0.326 e. The SMILES string of the molecule is C#CCN1C(=O)N(CC)C(=C)c2cc(NC(=O)CC(C)CC(=O)Nc3ccc(C#N)c(Cl)c3)ccc21. The maximum atomic E-state index is 12.7. The summed E-state index contributed by atoms with van der Waals surface area (Å²) in [6.07, 6.45) is 5.70. The van der Waals surface area contributed by atoms with Crippen molar-refractivity contribution in [2.75, 3.05) is 28.6 Å². The van der Waals surface area contributed by atoms with Gasteiger partial charge < -0.3 is 10.6 Å². The summed E-state index contributed by atoms with van der Waals surface area (Å²) in [7, 11) is 0. The molecule has 2 aromatic carbocycles. The van der Waals surface area contributed by atoms with Crippen LogP contribution in [0.4, 0.5) is 21.9 Å². The van der Waals surface area contributed by atoms with Crippen LogP contribution in [0.25, 0.3) is 5.70 Å². The van der Waals surface area contributed by atoms with E-state index in [9.17, 15) is 14.4 Å². The van der Waals surface area contributed by atoms with Gasteiger partial charge in [0.2, 0.25) is 11.8 Å². The Balaban J connectivity index is 1.62. The van der Waals surface area contributed by atoms with Gasteiger partial charge in [-0.15, -0.1) is 6.42 Å². The summed E-state index contributed by atoms with van der Waals surface area (Å²) in [4.78, 5) is 40.8. The molecule has 3 rings (SSSR count). The highest BCUT2D eigenvalue weighted by Gasteiger charge is 2.32. The molecule has 0 saturated heterocycles. The van der Waals surface area contributed by atoms with E-state index in [1.54, 1.807) is 24.3 Å². The third-order valence-electron chi connectivity index (χ3n) is 5.68. The Morgan fingerprint density at radius 2 is 1.72 bits per heavy atom. The number of hydrogen-bond donors (Lipinski definition) is 2. The normalized spacial score (nSPS) is 13.4. The summed E-state index contributed by atoms with van der Waals surface area (Å²) < 4.78 is 0. The van der Waals surface area contributed by atoms with Crippen molar-refractivity contribution >= 4 is 52.2 Å². The molecule has 0 saturated carbocycles. The first kappa shape index (κ1) is 26.3. The van der Waals surface area contributed by atoms with Crippen LogP contribution in [0.15, 0.2) is 43.0 Å². The minimum Gasteiger partial charge on any atom is -0.326 e. The number of nitriles is 1. The van der Waals surface area contributed by atoms with Crippen LogP contribution >= 0.6 is 11.6 Å². The second-order valence-corrected chi connectivity index (χ2v) is 8.82. The fraction of sp³-hybridized carbons (Fsp3) is 0.259. The number of nitrogens with one attached hydrogen (secondary N) is 2. The number of terminal acetylenes is 1. The van der Waals surface area contributed by atoms with E-state index in [0.717, 1.165) is 0 Å². The van der Waals surface area contributed by atoms with Gasteiger partial charge in [-0.3, -0.25) is 19.4 Å². The van der Waals surface area contributed by atoms with Gasteiger partial charge in [-0.05, 0) is 49.2 Å². The van der Waals surface area contributed by atoms with Gasteiger partial charge in [0, 0.05) is 42.0 Å². The molecule has 4 amide bonds. The van der Waals surface area contributed by atoms with Crippen LogP contribution in [0.2, 0.25) is 5.02 Å². The molecule has 0 fully saturated rings. The topological polar surface area (TPSA) is 106 Å². The zero-order valence-corrected chi connectivity index (χ0v) is 20.9. The van der Waals surface area contributed by atoms with Crippen molar-refractivity contribution in [2.24, 2.45) is 5.92 Å². The van der Waals surface area contributed by atoms with Gasteiger partial charge in [0.25, 0.3) is 0 Å². The number of anilines is 3. The molecule has 2 aromatic rings. The standard InChI is InChI=1S/C27H26ClN5O3/c1-5-11-33-24-10-9-20(14-22(24)18(4)32(6-2)27(33)36)30-25(34)12-17(3)13-26(35)31-21-8-7-19(16-29)23(28)15-21/h1,7-10,14-15,17H,4,6,11-13H2,2-3H3,(H,30,34)(H,31,35). The molecule has 9 heteroatoms. The minimum absolute atomic E-state index is 0.121. The molecule has 1 aliphatic heterocycles. The zero-order valence-electron chi connectivity index (χ0n) is 20.1. The van der Waals surface area contributed by atoms with E-state index in [1.165, 1.54) is 21.9 Å². The number of benzene rings is 2. The number of nitrogens with zero attached hydrogens (tertiary/aromatic N) is 3. The largest absolute Gasteiger partial charge is 0.329 e. The van der Waals surface area contributed by atoms with E-state index >= 15 is 0 Å². The molecule has 8 nitrogen and oxygen atoms in total. The second-order valence-electron chi connectivity index (χ2n) is 8.41. The molecule has 0 aliphatic carbocycles. The van der Waals surface area contributed by atoms with Crippen LogP contribution in [0.5, 0.6) is 0 Å². The van der Waals surface area contributed by atoms with Crippen LogP contribution in [-0.4, -0.2) is 35.8 Å². The number of urea groups is 1. The van der Waals surface area contributed by atoms with E-state index in [2.05, 4.69) is 23.1 Å². The molecular formula is C27H26ClN5O3. The highest BCUT2D eigenvalue weighted by molar-refractivity contribution is 6.32.